The van der Waals surface area contributed by atoms with Crippen LogP contribution in [0.5, 0.6) is 5.75 Å². The van der Waals surface area contributed by atoms with Crippen LogP contribution in [-0.4, -0.2) is 61.0 Å². The molecule has 5 rings (SSSR count). The third kappa shape index (κ3) is 5.85. The number of halogens is 1. The Morgan fingerprint density at radius 1 is 1.21 bits per heavy atom. The molecule has 1 fully saturated rings. The van der Waals surface area contributed by atoms with E-state index in [1.807, 2.05) is 6.92 Å². The number of nitrogens with one attached hydrogen (secondary N) is 1. The predicted molar refractivity (Wildman–Crippen MR) is 153 cm³/mol. The van der Waals surface area contributed by atoms with E-state index in [4.69, 9.17) is 9.47 Å². The van der Waals surface area contributed by atoms with Crippen molar-refractivity contribution in [1.29, 1.82) is 0 Å². The Kier molecular flexibility index (Phi) is 8.02. The van der Waals surface area contributed by atoms with E-state index in [9.17, 15) is 19.8 Å². The largest absolute Gasteiger partial charge is 0.490 e. The maximum absolute atomic E-state index is 15.5. The molecule has 3 heterocycles. The minimum atomic E-state index is -1.44. The van der Waals surface area contributed by atoms with Gasteiger partial charge in [-0.3, -0.25) is 4.79 Å². The summed E-state index contributed by atoms with van der Waals surface area (Å²) in [7, 11) is 0. The highest BCUT2D eigenvalue weighted by Crippen LogP contribution is 2.41. The molecular formula is C31H39FN4O6. The number of amides is 1. The number of carbonyl (C=O) groups excluding carboxylic acids is 1. The first-order valence-electron chi connectivity index (χ1n) is 14.5. The molecule has 1 saturated carbocycles. The number of carbonyl (C=O) groups is 2. The van der Waals surface area contributed by atoms with Gasteiger partial charge in [-0.15, -0.1) is 0 Å². The molecule has 1 aliphatic heterocycles. The van der Waals surface area contributed by atoms with Crippen LogP contribution in [0.1, 0.15) is 98.3 Å². The molecule has 3 N–H and O–H groups in total. The van der Waals surface area contributed by atoms with Crippen LogP contribution in [-0.2, 0) is 16.0 Å². The van der Waals surface area contributed by atoms with E-state index < -0.39 is 35.0 Å². The number of aromatic nitrogens is 3. The van der Waals surface area contributed by atoms with E-state index in [0.29, 0.717) is 47.6 Å². The molecule has 42 heavy (non-hydrogen) atoms. The number of hydrogen-bond donors (Lipinski definition) is 3. The maximum Gasteiger partial charge on any atom is 0.337 e. The molecule has 1 aliphatic carbocycles. The van der Waals surface area contributed by atoms with Crippen LogP contribution in [0, 0.1) is 19.7 Å². The number of nitrogens with zero attached hydrogens (tertiary/aromatic N) is 3. The minimum Gasteiger partial charge on any atom is -0.490 e. The summed E-state index contributed by atoms with van der Waals surface area (Å²) in [4.78, 5) is 30.4. The van der Waals surface area contributed by atoms with Crippen molar-refractivity contribution in [2.45, 2.75) is 96.9 Å². The second kappa shape index (κ2) is 11.3. The summed E-state index contributed by atoms with van der Waals surface area (Å²) < 4.78 is 28.6. The second-order valence-electron chi connectivity index (χ2n) is 12.4. The monoisotopic (exact) mass is 582 g/mol. The normalized spacial score (nSPS) is 17.1. The van der Waals surface area contributed by atoms with Crippen LogP contribution in [0.3, 0.4) is 0 Å². The van der Waals surface area contributed by atoms with Crippen LogP contribution < -0.4 is 10.1 Å². The van der Waals surface area contributed by atoms with Gasteiger partial charge in [-0.2, -0.15) is 5.10 Å². The van der Waals surface area contributed by atoms with Crippen molar-refractivity contribution in [3.63, 3.8) is 0 Å². The molecule has 226 valence electrons. The molecule has 1 atom stereocenters. The summed E-state index contributed by atoms with van der Waals surface area (Å²) in [6, 6.07) is 2.85. The molecule has 1 aromatic carbocycles. The molecule has 2 aliphatic rings. The number of benzene rings is 1. The van der Waals surface area contributed by atoms with Gasteiger partial charge in [-0.05, 0) is 78.4 Å². The number of ether oxygens (including phenoxy) is 2. The maximum atomic E-state index is 15.5. The van der Waals surface area contributed by atoms with Crippen molar-refractivity contribution in [2.24, 2.45) is 0 Å². The summed E-state index contributed by atoms with van der Waals surface area (Å²) in [6.07, 6.45) is 3.70. The van der Waals surface area contributed by atoms with Crippen molar-refractivity contribution in [1.82, 2.24) is 19.9 Å². The lowest BCUT2D eigenvalue weighted by Gasteiger charge is -2.28. The fourth-order valence-corrected chi connectivity index (χ4v) is 6.09. The zero-order valence-corrected chi connectivity index (χ0v) is 24.8. The number of aliphatic hydroxyl groups is 1. The molecule has 0 saturated heterocycles. The summed E-state index contributed by atoms with van der Waals surface area (Å²) in [5.41, 5.74) is 1.52. The van der Waals surface area contributed by atoms with Gasteiger partial charge in [0.25, 0.3) is 5.91 Å². The average Bonchev–Trinajstić information content (AvgIpc) is 3.54. The Hall–Kier alpha value is -3.57. The number of rotatable bonds is 8. The molecule has 0 spiro atoms. The molecule has 10 nitrogen and oxygen atoms in total. The lowest BCUT2D eigenvalue weighted by Crippen LogP contribution is -2.33. The van der Waals surface area contributed by atoms with Crippen molar-refractivity contribution >= 4 is 17.5 Å². The van der Waals surface area contributed by atoms with Gasteiger partial charge < -0.3 is 25.0 Å². The fraction of sp³-hybridized carbons (Fsp3) is 0.548. The lowest BCUT2D eigenvalue weighted by molar-refractivity contribution is -0.160. The molecule has 0 unspecified atom stereocenters. The first kappa shape index (κ1) is 29.9. The van der Waals surface area contributed by atoms with Crippen LogP contribution in [0.2, 0.25) is 0 Å². The number of fused-ring (bicyclic) bond motifs is 2. The van der Waals surface area contributed by atoms with E-state index in [1.165, 1.54) is 16.6 Å². The van der Waals surface area contributed by atoms with Gasteiger partial charge in [0.1, 0.15) is 0 Å². The van der Waals surface area contributed by atoms with E-state index in [1.54, 1.807) is 27.7 Å². The number of aryl methyl sites for hydroxylation is 1. The molecule has 1 amide bonds. The lowest BCUT2D eigenvalue weighted by atomic mass is 9.91. The summed E-state index contributed by atoms with van der Waals surface area (Å²) >= 11 is 0. The summed E-state index contributed by atoms with van der Waals surface area (Å²) in [5.74, 6) is -2.03. The Morgan fingerprint density at radius 2 is 1.93 bits per heavy atom. The van der Waals surface area contributed by atoms with E-state index in [0.717, 1.165) is 37.7 Å². The Balaban J connectivity index is 1.65. The third-order valence-electron chi connectivity index (χ3n) is 8.12. The predicted octanol–water partition coefficient (Wildman–Crippen LogP) is 4.84. The van der Waals surface area contributed by atoms with Gasteiger partial charge in [0.05, 0.1) is 23.5 Å². The Bertz CT molecular complexity index is 1540. The zero-order chi connectivity index (χ0) is 30.4. The highest BCUT2D eigenvalue weighted by atomic mass is 19.1. The van der Waals surface area contributed by atoms with Gasteiger partial charge >= 0.3 is 5.97 Å². The van der Waals surface area contributed by atoms with E-state index in [2.05, 4.69) is 15.4 Å². The number of aliphatic carboxylic acids is 1. The number of carboxylic acids is 1. The number of hydrogen-bond acceptors (Lipinski definition) is 7. The quantitative estimate of drug-likeness (QED) is 0.343. The summed E-state index contributed by atoms with van der Waals surface area (Å²) in [6.45, 7) is 9.48. The minimum absolute atomic E-state index is 0.0711. The smallest absolute Gasteiger partial charge is 0.337 e. The van der Waals surface area contributed by atoms with Gasteiger partial charge in [0.15, 0.2) is 29.0 Å². The van der Waals surface area contributed by atoms with Gasteiger partial charge in [0.2, 0.25) is 0 Å². The van der Waals surface area contributed by atoms with E-state index in [-0.39, 0.29) is 23.6 Å². The molecule has 11 heteroatoms. The van der Waals surface area contributed by atoms with Crippen molar-refractivity contribution in [2.75, 3.05) is 13.2 Å². The first-order valence-corrected chi connectivity index (χ1v) is 14.5. The van der Waals surface area contributed by atoms with E-state index >= 15 is 4.39 Å². The fourth-order valence-electron chi connectivity index (χ4n) is 6.09. The first-order chi connectivity index (χ1) is 19.8. The topological polar surface area (TPSA) is 135 Å². The second-order valence-corrected chi connectivity index (χ2v) is 12.4. The van der Waals surface area contributed by atoms with Crippen molar-refractivity contribution in [3.05, 3.63) is 46.0 Å². The molecule has 2 aromatic heterocycles. The van der Waals surface area contributed by atoms with Crippen LogP contribution >= 0.6 is 0 Å². The Morgan fingerprint density at radius 3 is 2.60 bits per heavy atom. The van der Waals surface area contributed by atoms with Crippen LogP contribution in [0.25, 0.3) is 16.9 Å². The highest BCUT2D eigenvalue weighted by molar-refractivity contribution is 5.93. The van der Waals surface area contributed by atoms with Crippen LogP contribution in [0.4, 0.5) is 4.39 Å². The van der Waals surface area contributed by atoms with Gasteiger partial charge in [0, 0.05) is 35.0 Å². The molecular weight excluding hydrogens is 543 g/mol. The standard InChI is InChI=1S/C31H39FN4O6/c1-17-19-9-8-14-41-26(19)21(32)15-20(17)25-24(27(29(38)39)42-30(3,4)5)18(2)34-23-16-22(35-36(23)25)28(37)33-13-12-31(40)10-6-7-11-31/h15-16,27,40H,6-14H2,1-5H3,(H,33,37)(H,38,39)/t27-/m0/s1. The third-order valence-corrected chi connectivity index (χ3v) is 8.12. The number of carboxylic acid groups (broad SMARTS) is 1. The average molecular weight is 583 g/mol. The molecule has 0 radical (unpaired) electrons. The van der Waals surface area contributed by atoms with Crippen LogP contribution in [0.15, 0.2) is 12.1 Å². The molecule has 0 bridgehead atoms. The highest BCUT2D eigenvalue weighted by Gasteiger charge is 2.35. The van der Waals surface area contributed by atoms with Gasteiger partial charge in [-0.1, -0.05) is 12.8 Å². The SMILES string of the molecule is Cc1nc2cc(C(=O)NCCC3(O)CCCC3)nn2c(-c2cc(F)c3c(c2C)CCCO3)c1[C@H](OC(C)(C)C)C(=O)O. The zero-order valence-electron chi connectivity index (χ0n) is 24.8. The summed E-state index contributed by atoms with van der Waals surface area (Å²) in [5, 5.41) is 28.3. The van der Waals surface area contributed by atoms with Crippen molar-refractivity contribution < 1.29 is 33.7 Å². The molecule has 3 aromatic rings. The van der Waals surface area contributed by atoms with Crippen molar-refractivity contribution in [3.8, 4) is 17.0 Å². The van der Waals surface area contributed by atoms with Gasteiger partial charge in [-0.25, -0.2) is 18.7 Å². The Labute approximate surface area is 244 Å².